The van der Waals surface area contributed by atoms with Crippen LogP contribution in [0.25, 0.3) is 10.9 Å². The number of benzene rings is 1. The van der Waals surface area contributed by atoms with E-state index >= 15 is 0 Å². The lowest BCUT2D eigenvalue weighted by molar-refractivity contribution is -0.124. The molecular weight excluding hydrogens is 270 g/mol. The summed E-state index contributed by atoms with van der Waals surface area (Å²) in [5.41, 5.74) is 6.38. The van der Waals surface area contributed by atoms with E-state index in [0.29, 0.717) is 30.6 Å². The predicted octanol–water partition coefficient (Wildman–Crippen LogP) is 0.821. The normalized spacial score (nSPS) is 26.4. The third-order valence-electron chi connectivity index (χ3n) is 4.37. The standard InChI is InChI=1S/C15H15N3O3/c19-14(9-2-1-8-3-4-16-12(8)5-9)17-18-15(20)13-10-6-21-7-11(10)13/h1-5,10-11,13,16H,6-7H2,(H,17,19)(H,18,20)/t10-,11+,13?. The van der Waals surface area contributed by atoms with E-state index in [2.05, 4.69) is 15.8 Å². The number of rotatable bonds is 2. The molecule has 4 rings (SSSR count). The largest absolute Gasteiger partial charge is 0.381 e. The summed E-state index contributed by atoms with van der Waals surface area (Å²) in [6.07, 6.45) is 1.82. The minimum Gasteiger partial charge on any atom is -0.381 e. The van der Waals surface area contributed by atoms with Gasteiger partial charge in [-0.25, -0.2) is 0 Å². The second kappa shape index (κ2) is 4.60. The first-order valence-electron chi connectivity index (χ1n) is 6.99. The summed E-state index contributed by atoms with van der Waals surface area (Å²) in [5, 5.41) is 1.04. The molecule has 108 valence electrons. The Labute approximate surface area is 120 Å². The summed E-state index contributed by atoms with van der Waals surface area (Å²) >= 11 is 0. The van der Waals surface area contributed by atoms with Crippen LogP contribution in [0, 0.1) is 17.8 Å². The monoisotopic (exact) mass is 285 g/mol. The van der Waals surface area contributed by atoms with Crippen molar-refractivity contribution in [3.05, 3.63) is 36.0 Å². The molecule has 2 heterocycles. The van der Waals surface area contributed by atoms with Crippen LogP contribution in [0.3, 0.4) is 0 Å². The zero-order valence-electron chi connectivity index (χ0n) is 11.3. The Hall–Kier alpha value is -2.34. The van der Waals surface area contributed by atoms with Gasteiger partial charge < -0.3 is 9.72 Å². The first-order valence-corrected chi connectivity index (χ1v) is 6.99. The maximum absolute atomic E-state index is 12.0. The molecule has 1 aromatic carbocycles. The number of ether oxygens (including phenoxy) is 1. The van der Waals surface area contributed by atoms with E-state index in [1.54, 1.807) is 12.1 Å². The SMILES string of the molecule is O=C(NNC(=O)C1[C@H]2COC[C@@H]12)c1ccc2cc[nH]c2c1. The second-order valence-corrected chi connectivity index (χ2v) is 5.61. The molecule has 3 N–H and O–H groups in total. The lowest BCUT2D eigenvalue weighted by atomic mass is 10.1. The molecule has 0 spiro atoms. The highest BCUT2D eigenvalue weighted by Gasteiger charge is 2.58. The Morgan fingerprint density at radius 1 is 1.14 bits per heavy atom. The Kier molecular flexibility index (Phi) is 2.71. The predicted molar refractivity (Wildman–Crippen MR) is 75.2 cm³/mol. The number of nitrogens with one attached hydrogen (secondary N) is 3. The van der Waals surface area contributed by atoms with Gasteiger partial charge in [-0.1, -0.05) is 6.07 Å². The van der Waals surface area contributed by atoms with Gasteiger partial charge in [0.2, 0.25) is 5.91 Å². The van der Waals surface area contributed by atoms with Gasteiger partial charge in [-0.15, -0.1) is 0 Å². The Morgan fingerprint density at radius 3 is 2.76 bits per heavy atom. The quantitative estimate of drug-likeness (QED) is 0.714. The van der Waals surface area contributed by atoms with Crippen LogP contribution in [0.5, 0.6) is 0 Å². The van der Waals surface area contributed by atoms with Crippen molar-refractivity contribution < 1.29 is 14.3 Å². The van der Waals surface area contributed by atoms with Crippen LogP contribution in [0.2, 0.25) is 0 Å². The lowest BCUT2D eigenvalue weighted by Gasteiger charge is -2.08. The van der Waals surface area contributed by atoms with E-state index in [-0.39, 0.29) is 17.7 Å². The highest BCUT2D eigenvalue weighted by atomic mass is 16.5. The molecule has 2 aliphatic rings. The molecular formula is C15H15N3O3. The zero-order valence-corrected chi connectivity index (χ0v) is 11.3. The number of amides is 2. The first-order chi connectivity index (χ1) is 10.2. The maximum atomic E-state index is 12.0. The average molecular weight is 285 g/mol. The molecule has 1 saturated carbocycles. The van der Waals surface area contributed by atoms with Crippen molar-refractivity contribution in [3.63, 3.8) is 0 Å². The van der Waals surface area contributed by atoms with E-state index in [1.807, 2.05) is 18.3 Å². The number of aromatic nitrogens is 1. The van der Waals surface area contributed by atoms with Crippen molar-refractivity contribution in [2.45, 2.75) is 0 Å². The average Bonchev–Trinajstić information content (AvgIpc) is 2.88. The molecule has 2 fully saturated rings. The number of aromatic amines is 1. The second-order valence-electron chi connectivity index (χ2n) is 5.61. The maximum Gasteiger partial charge on any atom is 0.269 e. The van der Waals surface area contributed by atoms with Crippen molar-refractivity contribution in [3.8, 4) is 0 Å². The van der Waals surface area contributed by atoms with Gasteiger partial charge >= 0.3 is 0 Å². The Morgan fingerprint density at radius 2 is 1.95 bits per heavy atom. The van der Waals surface area contributed by atoms with Gasteiger partial charge in [-0.05, 0) is 23.6 Å². The molecule has 21 heavy (non-hydrogen) atoms. The van der Waals surface area contributed by atoms with Crippen LogP contribution in [0.4, 0.5) is 0 Å². The van der Waals surface area contributed by atoms with Gasteiger partial charge in [0.1, 0.15) is 0 Å². The van der Waals surface area contributed by atoms with Gasteiger partial charge in [0, 0.05) is 29.1 Å². The minimum atomic E-state index is -0.318. The van der Waals surface area contributed by atoms with Crippen LogP contribution < -0.4 is 10.9 Å². The van der Waals surface area contributed by atoms with E-state index in [0.717, 1.165) is 10.9 Å². The topological polar surface area (TPSA) is 83.2 Å². The van der Waals surface area contributed by atoms with Gasteiger partial charge in [-0.3, -0.25) is 20.4 Å². The van der Waals surface area contributed by atoms with Gasteiger partial charge in [-0.2, -0.15) is 0 Å². The highest BCUT2D eigenvalue weighted by molar-refractivity contribution is 5.99. The molecule has 2 amide bonds. The summed E-state index contributed by atoms with van der Waals surface area (Å²) in [5.74, 6) is 0.212. The highest BCUT2D eigenvalue weighted by Crippen LogP contribution is 2.50. The molecule has 3 atom stereocenters. The van der Waals surface area contributed by atoms with Crippen LogP contribution in [-0.4, -0.2) is 30.0 Å². The van der Waals surface area contributed by atoms with Gasteiger partial charge in [0.25, 0.3) is 5.91 Å². The van der Waals surface area contributed by atoms with Crippen LogP contribution in [-0.2, 0) is 9.53 Å². The number of hydrogen-bond acceptors (Lipinski definition) is 3. The van der Waals surface area contributed by atoms with Crippen molar-refractivity contribution >= 4 is 22.7 Å². The van der Waals surface area contributed by atoms with E-state index in [1.165, 1.54) is 0 Å². The molecule has 0 bridgehead atoms. The number of fused-ring (bicyclic) bond motifs is 2. The summed E-state index contributed by atoms with van der Waals surface area (Å²) < 4.78 is 5.24. The molecule has 6 heteroatoms. The van der Waals surface area contributed by atoms with Crippen molar-refractivity contribution in [2.75, 3.05) is 13.2 Å². The van der Waals surface area contributed by atoms with Gasteiger partial charge in [0.15, 0.2) is 0 Å². The summed E-state index contributed by atoms with van der Waals surface area (Å²) in [4.78, 5) is 27.0. The van der Waals surface area contributed by atoms with E-state index in [4.69, 9.17) is 4.74 Å². The van der Waals surface area contributed by atoms with Crippen LogP contribution in [0.1, 0.15) is 10.4 Å². The first kappa shape index (κ1) is 12.4. The Bertz CT molecular complexity index is 714. The fourth-order valence-corrected chi connectivity index (χ4v) is 3.09. The molecule has 2 aromatic rings. The molecule has 6 nitrogen and oxygen atoms in total. The third kappa shape index (κ3) is 2.08. The molecule has 1 aliphatic heterocycles. The fraction of sp³-hybridized carbons (Fsp3) is 0.333. The zero-order chi connectivity index (χ0) is 14.4. The molecule has 1 aromatic heterocycles. The van der Waals surface area contributed by atoms with Crippen LogP contribution >= 0.6 is 0 Å². The number of carbonyl (C=O) groups excluding carboxylic acids is 2. The van der Waals surface area contributed by atoms with Crippen molar-refractivity contribution in [1.29, 1.82) is 0 Å². The number of carbonyl (C=O) groups is 2. The Balaban J connectivity index is 1.38. The minimum absolute atomic E-state index is 0.00932. The lowest BCUT2D eigenvalue weighted by Crippen LogP contribution is -2.43. The third-order valence-corrected chi connectivity index (χ3v) is 4.37. The number of H-pyrrole nitrogens is 1. The summed E-state index contributed by atoms with van der Waals surface area (Å²) in [7, 11) is 0. The molecule has 0 radical (unpaired) electrons. The fourth-order valence-electron chi connectivity index (χ4n) is 3.09. The number of hydrogen-bond donors (Lipinski definition) is 3. The van der Waals surface area contributed by atoms with E-state index in [9.17, 15) is 9.59 Å². The molecule has 1 saturated heterocycles. The summed E-state index contributed by atoms with van der Waals surface area (Å²) in [6.45, 7) is 1.31. The molecule has 1 unspecified atom stereocenters. The smallest absolute Gasteiger partial charge is 0.269 e. The van der Waals surface area contributed by atoms with Crippen molar-refractivity contribution in [1.82, 2.24) is 15.8 Å². The number of hydrazine groups is 1. The van der Waals surface area contributed by atoms with Crippen molar-refractivity contribution in [2.24, 2.45) is 17.8 Å². The molecule has 1 aliphatic carbocycles. The van der Waals surface area contributed by atoms with Gasteiger partial charge in [0.05, 0.1) is 19.1 Å². The summed E-state index contributed by atoms with van der Waals surface area (Å²) in [6, 6.07) is 7.30. The van der Waals surface area contributed by atoms with E-state index < -0.39 is 0 Å². The van der Waals surface area contributed by atoms with Crippen LogP contribution in [0.15, 0.2) is 30.5 Å².